The Hall–Kier alpha value is -5.93. The van der Waals surface area contributed by atoms with Crippen LogP contribution >= 0.6 is 0 Å². The van der Waals surface area contributed by atoms with Gasteiger partial charge in [-0.3, -0.25) is 4.98 Å². The van der Waals surface area contributed by atoms with Crippen molar-refractivity contribution in [3.63, 3.8) is 0 Å². The van der Waals surface area contributed by atoms with Crippen molar-refractivity contribution in [1.29, 1.82) is 0 Å². The fourth-order valence-corrected chi connectivity index (χ4v) is 7.12. The van der Waals surface area contributed by atoms with E-state index >= 15 is 0 Å². The van der Waals surface area contributed by atoms with Crippen LogP contribution in [0.5, 0.6) is 0 Å². The van der Waals surface area contributed by atoms with Crippen molar-refractivity contribution in [1.82, 2.24) is 14.1 Å². The Labute approximate surface area is 267 Å². The molecule has 0 radical (unpaired) electrons. The fourth-order valence-electron chi connectivity index (χ4n) is 7.12. The quantitative estimate of drug-likeness (QED) is 0.200. The number of hydrogen-bond donors (Lipinski definition) is 0. The summed E-state index contributed by atoms with van der Waals surface area (Å²) in [5.41, 5.74) is 14.1. The van der Waals surface area contributed by atoms with E-state index in [-0.39, 0.29) is 0 Å². The van der Waals surface area contributed by atoms with Crippen LogP contribution in [0.2, 0.25) is 0 Å². The van der Waals surface area contributed by atoms with Crippen LogP contribution in [-0.2, 0) is 0 Å². The summed E-state index contributed by atoms with van der Waals surface area (Å²) in [6.07, 6.45) is 3.94. The van der Waals surface area contributed by atoms with Crippen LogP contribution in [0.3, 0.4) is 0 Å². The van der Waals surface area contributed by atoms with E-state index in [1.54, 1.807) is 0 Å². The monoisotopic (exact) mass is 589 g/mol. The van der Waals surface area contributed by atoms with E-state index in [9.17, 15) is 0 Å². The van der Waals surface area contributed by atoms with Gasteiger partial charge in [0.25, 0.3) is 0 Å². The first-order valence-electron chi connectivity index (χ1n) is 15.8. The molecule has 9 rings (SSSR count). The van der Waals surface area contributed by atoms with Crippen LogP contribution in [0.25, 0.3) is 77.2 Å². The molecule has 0 atom stereocenters. The maximum atomic E-state index is 4.73. The van der Waals surface area contributed by atoms with Crippen molar-refractivity contribution in [3.05, 3.63) is 163 Å². The second kappa shape index (κ2) is 10.3. The summed E-state index contributed by atoms with van der Waals surface area (Å²) in [7, 11) is 0. The molecule has 0 N–H and O–H groups in total. The Bertz CT molecular complexity index is 2440. The van der Waals surface area contributed by atoms with Gasteiger partial charge >= 0.3 is 0 Å². The molecule has 0 aliphatic rings. The zero-order valence-corrected chi connectivity index (χ0v) is 25.8. The first kappa shape index (κ1) is 26.5. The number of pyridine rings is 1. The molecule has 0 bridgehead atoms. The zero-order valence-electron chi connectivity index (χ0n) is 25.8. The second-order valence-electron chi connectivity index (χ2n) is 12.3. The summed E-state index contributed by atoms with van der Waals surface area (Å²) in [5.74, 6) is 0. The number of nitrogens with zero attached hydrogens (tertiary/aromatic N) is 3. The molecule has 218 valence electrons. The van der Waals surface area contributed by atoms with Crippen molar-refractivity contribution in [2.24, 2.45) is 0 Å². The summed E-state index contributed by atoms with van der Waals surface area (Å²) in [6, 6.07) is 50.7. The predicted molar refractivity (Wildman–Crippen MR) is 193 cm³/mol. The number of aromatic nitrogens is 3. The van der Waals surface area contributed by atoms with Crippen LogP contribution < -0.4 is 0 Å². The standard InChI is InChI=1S/C43H31N3/c1-28-17-19-38-36-13-3-5-15-40(36)45(42(38)21-28)34-11-7-9-30(24-34)32-23-33(27-44-26-32)31-10-8-12-35(25-31)46-41-16-6-4-14-37(41)39-20-18-29(2)22-43(39)46/h3-27H,1-2H3. The highest BCUT2D eigenvalue weighted by Crippen LogP contribution is 2.36. The lowest BCUT2D eigenvalue weighted by atomic mass is 10.0. The third-order valence-electron chi connectivity index (χ3n) is 9.27. The average molecular weight is 590 g/mol. The minimum absolute atomic E-state index is 1.09. The second-order valence-corrected chi connectivity index (χ2v) is 12.3. The molecule has 0 saturated carbocycles. The summed E-state index contributed by atoms with van der Waals surface area (Å²) >= 11 is 0. The van der Waals surface area contributed by atoms with Crippen LogP contribution in [0.1, 0.15) is 11.1 Å². The Morgan fingerprint density at radius 3 is 1.33 bits per heavy atom. The Morgan fingerprint density at radius 2 is 0.826 bits per heavy atom. The van der Waals surface area contributed by atoms with Crippen molar-refractivity contribution in [3.8, 4) is 33.6 Å². The van der Waals surface area contributed by atoms with Crippen molar-refractivity contribution in [2.45, 2.75) is 13.8 Å². The van der Waals surface area contributed by atoms with Gasteiger partial charge in [-0.05, 0) is 90.7 Å². The highest BCUT2D eigenvalue weighted by molar-refractivity contribution is 6.10. The number of aryl methyl sites for hydroxylation is 2. The number of rotatable bonds is 4. The third kappa shape index (κ3) is 4.17. The molecule has 0 unspecified atom stereocenters. The van der Waals surface area contributed by atoms with Crippen LogP contribution in [0, 0.1) is 13.8 Å². The zero-order chi connectivity index (χ0) is 30.8. The van der Waals surface area contributed by atoms with Gasteiger partial charge in [0.2, 0.25) is 0 Å². The Morgan fingerprint density at radius 1 is 0.370 bits per heavy atom. The van der Waals surface area contributed by atoms with E-state index < -0.39 is 0 Å². The van der Waals surface area contributed by atoms with Gasteiger partial charge in [0.1, 0.15) is 0 Å². The van der Waals surface area contributed by atoms with Gasteiger partial charge in [0, 0.05) is 56.4 Å². The summed E-state index contributed by atoms with van der Waals surface area (Å²) in [5, 5.41) is 5.08. The van der Waals surface area contributed by atoms with E-state index in [0.29, 0.717) is 0 Å². The van der Waals surface area contributed by atoms with Gasteiger partial charge in [-0.15, -0.1) is 0 Å². The number of fused-ring (bicyclic) bond motifs is 6. The van der Waals surface area contributed by atoms with Crippen molar-refractivity contribution in [2.75, 3.05) is 0 Å². The van der Waals surface area contributed by atoms with Crippen molar-refractivity contribution >= 4 is 43.6 Å². The predicted octanol–water partition coefficient (Wildman–Crippen LogP) is 11.2. The molecular weight excluding hydrogens is 558 g/mol. The van der Waals surface area contributed by atoms with Crippen LogP contribution in [0.4, 0.5) is 0 Å². The maximum Gasteiger partial charge on any atom is 0.0543 e. The van der Waals surface area contributed by atoms with Gasteiger partial charge in [0.15, 0.2) is 0 Å². The molecule has 0 aliphatic heterocycles. The van der Waals surface area contributed by atoms with Crippen molar-refractivity contribution < 1.29 is 0 Å². The molecule has 3 nitrogen and oxygen atoms in total. The molecule has 3 heterocycles. The number of benzene rings is 6. The molecule has 0 spiro atoms. The molecule has 46 heavy (non-hydrogen) atoms. The molecular formula is C43H31N3. The molecule has 6 aromatic carbocycles. The smallest absolute Gasteiger partial charge is 0.0543 e. The van der Waals surface area contributed by atoms with Crippen LogP contribution in [-0.4, -0.2) is 14.1 Å². The van der Waals surface area contributed by atoms with E-state index in [4.69, 9.17) is 4.98 Å². The van der Waals surface area contributed by atoms with Gasteiger partial charge in [-0.1, -0.05) is 84.9 Å². The minimum Gasteiger partial charge on any atom is -0.309 e. The fraction of sp³-hybridized carbons (Fsp3) is 0.0465. The molecule has 0 saturated heterocycles. The summed E-state index contributed by atoms with van der Waals surface area (Å²) in [6.45, 7) is 4.32. The van der Waals surface area contributed by atoms with E-state index in [1.807, 2.05) is 12.4 Å². The largest absolute Gasteiger partial charge is 0.309 e. The lowest BCUT2D eigenvalue weighted by Crippen LogP contribution is -1.95. The normalized spacial score (nSPS) is 11.7. The van der Waals surface area contributed by atoms with E-state index in [2.05, 4.69) is 163 Å². The first-order valence-corrected chi connectivity index (χ1v) is 15.8. The molecule has 0 fully saturated rings. The highest BCUT2D eigenvalue weighted by atomic mass is 15.0. The van der Waals surface area contributed by atoms with Gasteiger partial charge in [0.05, 0.1) is 22.1 Å². The minimum atomic E-state index is 1.09. The van der Waals surface area contributed by atoms with Crippen LogP contribution in [0.15, 0.2) is 152 Å². The van der Waals surface area contributed by atoms with Gasteiger partial charge in [-0.25, -0.2) is 0 Å². The molecule has 0 amide bonds. The SMILES string of the molecule is Cc1ccc2c3ccccc3n(-c3cccc(-c4cncc(-c5cccc(-n6c7ccccc7c7ccc(C)cc76)c5)c4)c3)c2c1. The molecule has 3 aromatic heterocycles. The Kier molecular flexibility index (Phi) is 5.94. The lowest BCUT2D eigenvalue weighted by molar-refractivity contribution is 1.18. The Balaban J connectivity index is 1.15. The average Bonchev–Trinajstić information content (AvgIpc) is 3.60. The summed E-state index contributed by atoms with van der Waals surface area (Å²) < 4.78 is 4.77. The topological polar surface area (TPSA) is 22.8 Å². The highest BCUT2D eigenvalue weighted by Gasteiger charge is 2.15. The molecule has 3 heteroatoms. The summed E-state index contributed by atoms with van der Waals surface area (Å²) in [4.78, 5) is 4.73. The lowest BCUT2D eigenvalue weighted by Gasteiger charge is -2.12. The number of hydrogen-bond acceptors (Lipinski definition) is 1. The number of para-hydroxylation sites is 2. The van der Waals surface area contributed by atoms with Gasteiger partial charge < -0.3 is 9.13 Å². The maximum absolute atomic E-state index is 4.73. The van der Waals surface area contributed by atoms with E-state index in [0.717, 1.165) is 33.6 Å². The van der Waals surface area contributed by atoms with Gasteiger partial charge in [-0.2, -0.15) is 0 Å². The molecule has 0 aliphatic carbocycles. The van der Waals surface area contributed by atoms with E-state index in [1.165, 1.54) is 54.7 Å². The first-order chi connectivity index (χ1) is 22.6. The molecule has 9 aromatic rings. The third-order valence-corrected chi connectivity index (χ3v) is 9.27.